The van der Waals surface area contributed by atoms with Crippen LogP contribution in [0.5, 0.6) is 0 Å². The summed E-state index contributed by atoms with van der Waals surface area (Å²) >= 11 is 0. The van der Waals surface area contributed by atoms with Gasteiger partial charge in [-0.05, 0) is 66.6 Å². The van der Waals surface area contributed by atoms with Crippen LogP contribution in [0.4, 0.5) is 0 Å². The molecular formula is C22H36O3. The Hall–Kier alpha value is -0.860. The van der Waals surface area contributed by atoms with Gasteiger partial charge in [-0.15, -0.1) is 0 Å². The summed E-state index contributed by atoms with van der Waals surface area (Å²) in [6.45, 7) is 9.80. The van der Waals surface area contributed by atoms with E-state index in [1.54, 1.807) is 0 Å². The van der Waals surface area contributed by atoms with Gasteiger partial charge in [0, 0.05) is 18.8 Å². The molecule has 3 aliphatic rings. The van der Waals surface area contributed by atoms with E-state index in [1.807, 2.05) is 0 Å². The Kier molecular flexibility index (Phi) is 4.83. The number of hydrogen-bond acceptors (Lipinski definition) is 3. The van der Waals surface area contributed by atoms with E-state index in [4.69, 9.17) is 4.74 Å². The highest BCUT2D eigenvalue weighted by molar-refractivity contribution is 5.83. The minimum Gasteiger partial charge on any atom is -0.469 e. The maximum absolute atomic E-state index is 12.8. The number of rotatable bonds is 3. The van der Waals surface area contributed by atoms with Gasteiger partial charge in [0.15, 0.2) is 0 Å². The van der Waals surface area contributed by atoms with Crippen LogP contribution in [0.2, 0.25) is 0 Å². The average Bonchev–Trinajstić information content (AvgIpc) is 2.52. The van der Waals surface area contributed by atoms with E-state index in [2.05, 4.69) is 27.7 Å². The van der Waals surface area contributed by atoms with Gasteiger partial charge >= 0.3 is 5.97 Å². The van der Waals surface area contributed by atoms with Crippen LogP contribution in [0.3, 0.4) is 0 Å². The second-order valence-corrected chi connectivity index (χ2v) is 10.2. The Bertz CT molecular complexity index is 551. The van der Waals surface area contributed by atoms with Crippen LogP contribution < -0.4 is 0 Å². The molecule has 5 atom stereocenters. The summed E-state index contributed by atoms with van der Waals surface area (Å²) < 4.78 is 4.83. The van der Waals surface area contributed by atoms with Crippen molar-refractivity contribution in [1.82, 2.24) is 0 Å². The molecule has 25 heavy (non-hydrogen) atoms. The van der Waals surface area contributed by atoms with E-state index >= 15 is 0 Å². The van der Waals surface area contributed by atoms with Crippen molar-refractivity contribution in [2.45, 2.75) is 85.5 Å². The van der Waals surface area contributed by atoms with E-state index in [-0.39, 0.29) is 17.3 Å². The third kappa shape index (κ3) is 2.96. The smallest absolute Gasteiger partial charge is 0.305 e. The molecule has 0 aromatic rings. The number of hydrogen-bond donors (Lipinski definition) is 0. The highest BCUT2D eigenvalue weighted by Gasteiger charge is 2.61. The first kappa shape index (κ1) is 18.9. The maximum atomic E-state index is 12.8. The van der Waals surface area contributed by atoms with Gasteiger partial charge in [0.25, 0.3) is 0 Å². The van der Waals surface area contributed by atoms with E-state index in [9.17, 15) is 9.59 Å². The van der Waals surface area contributed by atoms with Gasteiger partial charge in [0.2, 0.25) is 0 Å². The summed E-state index contributed by atoms with van der Waals surface area (Å²) in [6, 6.07) is 0. The highest BCUT2D eigenvalue weighted by atomic mass is 16.5. The Balaban J connectivity index is 1.89. The monoisotopic (exact) mass is 348 g/mol. The van der Waals surface area contributed by atoms with Crippen molar-refractivity contribution < 1.29 is 14.3 Å². The molecule has 3 rings (SSSR count). The molecule has 0 bridgehead atoms. The third-order valence-electron chi connectivity index (χ3n) is 8.57. The maximum Gasteiger partial charge on any atom is 0.305 e. The zero-order valence-electron chi connectivity index (χ0n) is 16.8. The molecule has 3 heteroatoms. The summed E-state index contributed by atoms with van der Waals surface area (Å²) in [5.41, 5.74) is 0.818. The van der Waals surface area contributed by atoms with Crippen molar-refractivity contribution in [3.05, 3.63) is 0 Å². The van der Waals surface area contributed by atoms with Gasteiger partial charge in [-0.1, -0.05) is 34.1 Å². The van der Waals surface area contributed by atoms with Gasteiger partial charge in [0.05, 0.1) is 7.11 Å². The lowest BCUT2D eigenvalue weighted by molar-refractivity contribution is -0.173. The largest absolute Gasteiger partial charge is 0.469 e. The highest BCUT2D eigenvalue weighted by Crippen LogP contribution is 2.68. The van der Waals surface area contributed by atoms with Gasteiger partial charge in [-0.3, -0.25) is 9.59 Å². The average molecular weight is 349 g/mol. The van der Waals surface area contributed by atoms with Crippen LogP contribution in [0.25, 0.3) is 0 Å². The quantitative estimate of drug-likeness (QED) is 0.661. The fourth-order valence-corrected chi connectivity index (χ4v) is 7.45. The van der Waals surface area contributed by atoms with Crippen molar-refractivity contribution in [2.75, 3.05) is 7.11 Å². The van der Waals surface area contributed by atoms with Crippen LogP contribution >= 0.6 is 0 Å². The minimum atomic E-state index is -0.183. The number of methoxy groups -OCH3 is 1. The number of ether oxygens (including phenoxy) is 1. The van der Waals surface area contributed by atoms with Crippen molar-refractivity contribution >= 4 is 11.8 Å². The molecule has 0 aromatic carbocycles. The van der Waals surface area contributed by atoms with Crippen molar-refractivity contribution in [1.29, 1.82) is 0 Å². The first-order chi connectivity index (χ1) is 11.6. The molecule has 0 spiro atoms. The Labute approximate surface area is 153 Å². The van der Waals surface area contributed by atoms with E-state index < -0.39 is 0 Å². The topological polar surface area (TPSA) is 43.4 Å². The number of fused-ring (bicyclic) bond motifs is 3. The van der Waals surface area contributed by atoms with Crippen LogP contribution in [-0.4, -0.2) is 18.9 Å². The summed E-state index contributed by atoms with van der Waals surface area (Å²) in [5.74, 6) is 1.62. The molecule has 0 aromatic heterocycles. The van der Waals surface area contributed by atoms with Crippen LogP contribution in [-0.2, 0) is 14.3 Å². The lowest BCUT2D eigenvalue weighted by Gasteiger charge is -2.65. The molecule has 0 unspecified atom stereocenters. The fourth-order valence-electron chi connectivity index (χ4n) is 7.45. The normalized spacial score (nSPS) is 43.1. The third-order valence-corrected chi connectivity index (χ3v) is 8.57. The van der Waals surface area contributed by atoms with Gasteiger partial charge in [-0.25, -0.2) is 0 Å². The molecule has 0 heterocycles. The summed E-state index contributed by atoms with van der Waals surface area (Å²) in [7, 11) is 1.44. The number of carbonyl (C=O) groups excluding carboxylic acids is 2. The Morgan fingerprint density at radius 1 is 1.04 bits per heavy atom. The summed E-state index contributed by atoms with van der Waals surface area (Å²) in [6.07, 6.45) is 9.12. The van der Waals surface area contributed by atoms with E-state index in [0.29, 0.717) is 41.8 Å². The second-order valence-electron chi connectivity index (χ2n) is 10.2. The number of Topliss-reactive ketones (excluding diaryl/α,β-unsaturated/α-hetero) is 1. The summed E-state index contributed by atoms with van der Waals surface area (Å²) in [5, 5.41) is 0. The van der Waals surface area contributed by atoms with Crippen molar-refractivity contribution in [2.24, 2.45) is 34.0 Å². The van der Waals surface area contributed by atoms with Gasteiger partial charge < -0.3 is 4.74 Å². The molecule has 0 N–H and O–H groups in total. The van der Waals surface area contributed by atoms with Crippen LogP contribution in [0, 0.1) is 34.0 Å². The molecule has 3 fully saturated rings. The number of esters is 1. The molecule has 3 saturated carbocycles. The lowest BCUT2D eigenvalue weighted by atomic mass is 9.39. The van der Waals surface area contributed by atoms with Gasteiger partial charge in [0.1, 0.15) is 5.78 Å². The lowest BCUT2D eigenvalue weighted by Crippen LogP contribution is -2.59. The number of ketones is 1. The van der Waals surface area contributed by atoms with Crippen LogP contribution in [0.1, 0.15) is 85.5 Å². The van der Waals surface area contributed by atoms with Crippen molar-refractivity contribution in [3.8, 4) is 0 Å². The standard InChI is InChI=1S/C22H36O3/c1-20(2)12-6-13-22(4)17(20)11-14-21(3)15(7-10-19(24)25-5)16(23)8-9-18(21)22/h15,17-18H,6-14H2,1-5H3/t15-,17-,18-,21+,22-/m0/s1. The fraction of sp³-hybridized carbons (Fsp3) is 0.909. The van der Waals surface area contributed by atoms with E-state index in [1.165, 1.54) is 32.8 Å². The van der Waals surface area contributed by atoms with Crippen LogP contribution in [0.15, 0.2) is 0 Å². The predicted octanol–water partition coefficient (Wildman–Crippen LogP) is 5.17. The zero-order valence-corrected chi connectivity index (χ0v) is 16.8. The predicted molar refractivity (Wildman–Crippen MR) is 99.0 cm³/mol. The molecule has 0 amide bonds. The molecule has 3 nitrogen and oxygen atoms in total. The van der Waals surface area contributed by atoms with E-state index in [0.717, 1.165) is 18.8 Å². The SMILES string of the molecule is COC(=O)CC[C@H]1C(=O)CC[C@H]2[C@]1(C)CC[C@H]1C(C)(C)CCC[C@]21C. The molecular weight excluding hydrogens is 312 g/mol. The molecule has 142 valence electrons. The summed E-state index contributed by atoms with van der Waals surface area (Å²) in [4.78, 5) is 24.5. The zero-order chi connectivity index (χ0) is 18.5. The Morgan fingerprint density at radius 3 is 2.44 bits per heavy atom. The second kappa shape index (κ2) is 6.39. The number of carbonyl (C=O) groups is 2. The van der Waals surface area contributed by atoms with Crippen molar-refractivity contribution in [3.63, 3.8) is 0 Å². The first-order valence-corrected chi connectivity index (χ1v) is 10.2. The molecule has 0 saturated heterocycles. The Morgan fingerprint density at radius 2 is 1.76 bits per heavy atom. The van der Waals surface area contributed by atoms with Gasteiger partial charge in [-0.2, -0.15) is 0 Å². The minimum absolute atomic E-state index is 0.0353. The molecule has 0 aliphatic heterocycles. The molecule has 0 radical (unpaired) electrons. The molecule has 3 aliphatic carbocycles. The first-order valence-electron chi connectivity index (χ1n) is 10.2.